The molecule has 3 aliphatic rings. The number of nitrogens with one attached hydrogen (secondary N) is 1. The number of carbonyl (C=O) groups is 1. The van der Waals surface area contributed by atoms with E-state index in [0.29, 0.717) is 42.5 Å². The fourth-order valence-corrected chi connectivity index (χ4v) is 6.30. The summed E-state index contributed by atoms with van der Waals surface area (Å²) < 4.78 is 71.7. The van der Waals surface area contributed by atoms with E-state index in [1.807, 2.05) is 17.2 Å². The highest BCUT2D eigenvalue weighted by molar-refractivity contribution is 6.30. The molecule has 5 heterocycles. The van der Waals surface area contributed by atoms with Crippen molar-refractivity contribution in [3.8, 4) is 22.9 Å². The van der Waals surface area contributed by atoms with Gasteiger partial charge in [-0.2, -0.15) is 18.3 Å². The summed E-state index contributed by atoms with van der Waals surface area (Å²) >= 11 is 5.95. The SMILES string of the molecule is C[C@]1(c2ccc(Cl)cc2F)Oc2cccc(C3CCN(Cc4ncc(-c5n[nH]c(C(F)(F)F)n5)cc4N4CCOC4=O)CC3)c2O1. The first-order chi connectivity index (χ1) is 22.0. The number of para-hydroxylation sites is 1. The number of hydrogen-bond acceptors (Lipinski definition) is 8. The number of nitrogens with zero attached hydrogens (tertiary/aromatic N) is 5. The van der Waals surface area contributed by atoms with Gasteiger partial charge in [0, 0.05) is 35.8 Å². The van der Waals surface area contributed by atoms with Crippen LogP contribution in [0.4, 0.5) is 28.0 Å². The second kappa shape index (κ2) is 11.4. The molecule has 3 aliphatic heterocycles. The van der Waals surface area contributed by atoms with E-state index in [0.717, 1.165) is 18.4 Å². The van der Waals surface area contributed by atoms with Crippen LogP contribution in [-0.4, -0.2) is 57.4 Å². The van der Waals surface area contributed by atoms with Crippen LogP contribution in [-0.2, 0) is 23.2 Å². The minimum atomic E-state index is -4.68. The average molecular weight is 659 g/mol. The third-order valence-electron chi connectivity index (χ3n) is 8.44. The first-order valence-electron chi connectivity index (χ1n) is 14.6. The van der Waals surface area contributed by atoms with E-state index in [1.165, 1.54) is 17.2 Å². The number of amides is 1. The monoisotopic (exact) mass is 658 g/mol. The normalized spacial score (nSPS) is 20.4. The molecule has 0 spiro atoms. The van der Waals surface area contributed by atoms with E-state index >= 15 is 0 Å². The first-order valence-corrected chi connectivity index (χ1v) is 15.0. The smallest absolute Gasteiger partial charge is 0.447 e. The number of benzene rings is 2. The lowest BCUT2D eigenvalue weighted by molar-refractivity contribution is -0.144. The van der Waals surface area contributed by atoms with Gasteiger partial charge in [-0.05, 0) is 62.2 Å². The van der Waals surface area contributed by atoms with Crippen molar-refractivity contribution >= 4 is 23.4 Å². The largest absolute Gasteiger partial charge is 0.451 e. The Morgan fingerprint density at radius 3 is 2.61 bits per heavy atom. The van der Waals surface area contributed by atoms with E-state index in [4.69, 9.17) is 25.8 Å². The van der Waals surface area contributed by atoms with E-state index in [1.54, 1.807) is 31.2 Å². The molecule has 0 unspecified atom stereocenters. The molecule has 0 saturated carbocycles. The molecule has 2 fully saturated rings. The minimum absolute atomic E-state index is 0.143. The van der Waals surface area contributed by atoms with Gasteiger partial charge < -0.3 is 14.2 Å². The maximum atomic E-state index is 14.8. The van der Waals surface area contributed by atoms with Crippen LogP contribution < -0.4 is 14.4 Å². The predicted octanol–water partition coefficient (Wildman–Crippen LogP) is 6.66. The molecule has 1 N–H and O–H groups in total. The molecule has 0 aliphatic carbocycles. The van der Waals surface area contributed by atoms with Gasteiger partial charge in [0.2, 0.25) is 5.82 Å². The van der Waals surface area contributed by atoms with Gasteiger partial charge in [0.15, 0.2) is 17.3 Å². The summed E-state index contributed by atoms with van der Waals surface area (Å²) in [7, 11) is 0. The lowest BCUT2D eigenvalue weighted by atomic mass is 9.88. The number of aromatic nitrogens is 4. The number of cyclic esters (lactones) is 1. The Morgan fingerprint density at radius 1 is 1.11 bits per heavy atom. The summed E-state index contributed by atoms with van der Waals surface area (Å²) in [6.07, 6.45) is -2.28. The molecule has 10 nitrogen and oxygen atoms in total. The van der Waals surface area contributed by atoms with Gasteiger partial charge in [0.05, 0.1) is 23.5 Å². The Balaban J connectivity index is 1.08. The summed E-state index contributed by atoms with van der Waals surface area (Å²) in [4.78, 5) is 24.2. The standard InChI is InChI=1S/C31H27ClF4N6O4/c1-30(21-6-5-19(32)14-22(21)33)45-25-4-2-3-20(26(25)46-30)17-7-9-41(10-8-17)16-23-24(42-11-12-44-29(42)43)13-18(15-37-23)27-38-28(40-39-27)31(34,35)36/h2-6,13-15,17H,7-12,16H2,1H3,(H,38,39,40)/t30-/m0/s1. The Labute approximate surface area is 265 Å². The highest BCUT2D eigenvalue weighted by Crippen LogP contribution is 2.50. The molecule has 15 heteroatoms. The van der Waals surface area contributed by atoms with Crippen molar-refractivity contribution in [2.45, 2.75) is 44.2 Å². The van der Waals surface area contributed by atoms with Gasteiger partial charge in [-0.3, -0.25) is 19.9 Å². The van der Waals surface area contributed by atoms with Crippen molar-refractivity contribution in [1.29, 1.82) is 0 Å². The fraction of sp³-hybridized carbons (Fsp3) is 0.355. The van der Waals surface area contributed by atoms with Crippen LogP contribution >= 0.6 is 11.6 Å². The number of piperidine rings is 1. The van der Waals surface area contributed by atoms with Crippen molar-refractivity contribution in [2.24, 2.45) is 0 Å². The van der Waals surface area contributed by atoms with Gasteiger partial charge in [0.25, 0.3) is 5.79 Å². The first kappa shape index (κ1) is 30.2. The molecule has 2 aromatic carbocycles. The zero-order valence-corrected chi connectivity index (χ0v) is 25.2. The number of H-pyrrole nitrogens is 1. The van der Waals surface area contributed by atoms with E-state index in [9.17, 15) is 22.4 Å². The summed E-state index contributed by atoms with van der Waals surface area (Å²) in [6.45, 7) is 3.93. The molecule has 4 aromatic rings. The molecular weight excluding hydrogens is 632 g/mol. The number of rotatable bonds is 6. The Morgan fingerprint density at radius 2 is 1.91 bits per heavy atom. The number of anilines is 1. The molecule has 2 saturated heterocycles. The lowest BCUT2D eigenvalue weighted by Gasteiger charge is -2.33. The van der Waals surface area contributed by atoms with E-state index in [-0.39, 0.29) is 41.0 Å². The topological polar surface area (TPSA) is 106 Å². The van der Waals surface area contributed by atoms with Crippen molar-refractivity contribution in [3.05, 3.63) is 82.1 Å². The quantitative estimate of drug-likeness (QED) is 0.230. The van der Waals surface area contributed by atoms with Crippen LogP contribution in [0, 0.1) is 5.82 Å². The average Bonchev–Trinajstić information content (AvgIpc) is 3.76. The van der Waals surface area contributed by atoms with Crippen LogP contribution in [0.5, 0.6) is 11.5 Å². The number of fused-ring (bicyclic) bond motifs is 1. The molecular formula is C31H27ClF4N6O4. The molecule has 0 radical (unpaired) electrons. The second-order valence-corrected chi connectivity index (χ2v) is 11.9. The molecule has 0 bridgehead atoms. The Kier molecular flexibility index (Phi) is 7.51. The number of aromatic amines is 1. The molecule has 7 rings (SSSR count). The zero-order valence-electron chi connectivity index (χ0n) is 24.4. The fourth-order valence-electron chi connectivity index (χ4n) is 6.14. The molecule has 1 amide bonds. The van der Waals surface area contributed by atoms with Crippen LogP contribution in [0.25, 0.3) is 11.4 Å². The van der Waals surface area contributed by atoms with Crippen molar-refractivity contribution < 1.29 is 36.6 Å². The highest BCUT2D eigenvalue weighted by Gasteiger charge is 2.43. The summed E-state index contributed by atoms with van der Waals surface area (Å²) in [5.41, 5.74) is 2.46. The van der Waals surface area contributed by atoms with E-state index < -0.39 is 29.7 Å². The van der Waals surface area contributed by atoms with Gasteiger partial charge in [-0.1, -0.05) is 23.7 Å². The number of carbonyl (C=O) groups excluding carboxylic acids is 1. The molecule has 46 heavy (non-hydrogen) atoms. The maximum absolute atomic E-state index is 14.8. The van der Waals surface area contributed by atoms with Gasteiger partial charge in [0.1, 0.15) is 12.4 Å². The van der Waals surface area contributed by atoms with Crippen LogP contribution in [0.3, 0.4) is 0 Å². The van der Waals surface area contributed by atoms with Crippen molar-refractivity contribution in [3.63, 3.8) is 0 Å². The number of halogens is 5. The number of hydrogen-bond donors (Lipinski definition) is 1. The third-order valence-corrected chi connectivity index (χ3v) is 8.68. The summed E-state index contributed by atoms with van der Waals surface area (Å²) in [6, 6.07) is 11.6. The molecule has 240 valence electrons. The summed E-state index contributed by atoms with van der Waals surface area (Å²) in [5, 5.41) is 5.88. The van der Waals surface area contributed by atoms with Crippen LogP contribution in [0.1, 0.15) is 48.3 Å². The Bertz CT molecular complexity index is 1810. The van der Waals surface area contributed by atoms with Gasteiger partial charge >= 0.3 is 12.3 Å². The number of likely N-dealkylation sites (tertiary alicyclic amines) is 1. The van der Waals surface area contributed by atoms with Crippen LogP contribution in [0.2, 0.25) is 5.02 Å². The van der Waals surface area contributed by atoms with Crippen molar-refractivity contribution in [1.82, 2.24) is 25.1 Å². The van der Waals surface area contributed by atoms with Gasteiger partial charge in [-0.25, -0.2) is 14.2 Å². The lowest BCUT2D eigenvalue weighted by Crippen LogP contribution is -2.34. The van der Waals surface area contributed by atoms with Crippen molar-refractivity contribution in [2.75, 3.05) is 31.1 Å². The third kappa shape index (κ3) is 5.60. The number of ether oxygens (including phenoxy) is 3. The summed E-state index contributed by atoms with van der Waals surface area (Å²) in [5.74, 6) is -2.01. The predicted molar refractivity (Wildman–Crippen MR) is 157 cm³/mol. The second-order valence-electron chi connectivity index (χ2n) is 11.5. The van der Waals surface area contributed by atoms with Crippen LogP contribution in [0.15, 0.2) is 48.7 Å². The zero-order chi connectivity index (χ0) is 32.2. The number of pyridine rings is 1. The van der Waals surface area contributed by atoms with Gasteiger partial charge in [-0.15, -0.1) is 0 Å². The van der Waals surface area contributed by atoms with E-state index in [2.05, 4.69) is 20.0 Å². The Hall–Kier alpha value is -4.43. The minimum Gasteiger partial charge on any atom is -0.447 e. The number of alkyl halides is 3. The highest BCUT2D eigenvalue weighted by atomic mass is 35.5. The molecule has 2 aromatic heterocycles. The maximum Gasteiger partial charge on any atom is 0.451 e. The molecule has 1 atom stereocenters.